The van der Waals surface area contributed by atoms with Gasteiger partial charge in [-0.05, 0) is 37.0 Å². The van der Waals surface area contributed by atoms with Gasteiger partial charge in [-0.3, -0.25) is 4.68 Å². The summed E-state index contributed by atoms with van der Waals surface area (Å²) >= 11 is 0. The maximum atomic E-state index is 6.44. The molecular formula is C17H25N3. The second-order valence-electron chi connectivity index (χ2n) is 5.16. The fourth-order valence-corrected chi connectivity index (χ4v) is 2.68. The Bertz CT molecular complexity index is 557. The molecule has 0 aliphatic carbocycles. The number of nitrogens with two attached hydrogens (primary N) is 1. The quantitative estimate of drug-likeness (QED) is 0.876. The van der Waals surface area contributed by atoms with Crippen molar-refractivity contribution >= 4 is 0 Å². The van der Waals surface area contributed by atoms with Crippen molar-refractivity contribution < 1.29 is 0 Å². The third-order valence-electron chi connectivity index (χ3n) is 3.84. The molecule has 0 saturated carbocycles. The summed E-state index contributed by atoms with van der Waals surface area (Å²) in [7, 11) is 0. The normalized spacial score (nSPS) is 12.6. The van der Waals surface area contributed by atoms with Crippen molar-refractivity contribution in [2.24, 2.45) is 5.73 Å². The molecule has 0 spiro atoms. The molecule has 1 unspecified atom stereocenters. The molecule has 0 amide bonds. The summed E-state index contributed by atoms with van der Waals surface area (Å²) < 4.78 is 2.08. The highest BCUT2D eigenvalue weighted by molar-refractivity contribution is 5.31. The lowest BCUT2D eigenvalue weighted by molar-refractivity contribution is 0.584. The van der Waals surface area contributed by atoms with E-state index in [-0.39, 0.29) is 6.04 Å². The Balaban J connectivity index is 2.22. The van der Waals surface area contributed by atoms with Gasteiger partial charge in [0.2, 0.25) is 0 Å². The van der Waals surface area contributed by atoms with Crippen LogP contribution in [0.15, 0.2) is 30.3 Å². The minimum atomic E-state index is 0.0397. The van der Waals surface area contributed by atoms with E-state index in [1.807, 2.05) is 0 Å². The second kappa shape index (κ2) is 6.71. The molecule has 2 aromatic rings. The molecule has 2 N–H and O–H groups in total. The highest BCUT2D eigenvalue weighted by Crippen LogP contribution is 2.21. The van der Waals surface area contributed by atoms with Crippen molar-refractivity contribution in [2.45, 2.75) is 52.6 Å². The standard InChI is InChI=1S/C17H25N3/c1-4-13-9-7-8-10-16(13)17(18)12-15-11-14(5-2)19-20(15)6-3/h7-11,17H,4-6,12,18H2,1-3H3. The van der Waals surface area contributed by atoms with Crippen molar-refractivity contribution in [3.63, 3.8) is 0 Å². The topological polar surface area (TPSA) is 43.8 Å². The third kappa shape index (κ3) is 3.10. The molecule has 0 bridgehead atoms. The smallest absolute Gasteiger partial charge is 0.0624 e. The van der Waals surface area contributed by atoms with Crippen LogP contribution in [0.1, 0.15) is 49.3 Å². The first-order chi connectivity index (χ1) is 9.69. The Morgan fingerprint density at radius 2 is 1.90 bits per heavy atom. The maximum Gasteiger partial charge on any atom is 0.0624 e. The van der Waals surface area contributed by atoms with Crippen LogP contribution >= 0.6 is 0 Å². The number of aromatic nitrogens is 2. The Kier molecular flexibility index (Phi) is 4.96. The van der Waals surface area contributed by atoms with Crippen LogP contribution < -0.4 is 5.73 Å². The first kappa shape index (κ1) is 14.8. The number of rotatable bonds is 6. The molecule has 0 saturated heterocycles. The average Bonchev–Trinajstić information content (AvgIpc) is 2.89. The molecule has 0 radical (unpaired) electrons. The molecule has 1 atom stereocenters. The fraction of sp³-hybridized carbons (Fsp3) is 0.471. The zero-order valence-electron chi connectivity index (χ0n) is 12.8. The van der Waals surface area contributed by atoms with Gasteiger partial charge < -0.3 is 5.73 Å². The molecule has 3 nitrogen and oxygen atoms in total. The van der Waals surface area contributed by atoms with Crippen LogP contribution in [0.2, 0.25) is 0 Å². The van der Waals surface area contributed by atoms with E-state index in [4.69, 9.17) is 5.73 Å². The first-order valence-electron chi connectivity index (χ1n) is 7.58. The molecular weight excluding hydrogens is 246 g/mol. The van der Waals surface area contributed by atoms with Crippen molar-refractivity contribution in [3.05, 3.63) is 52.8 Å². The summed E-state index contributed by atoms with van der Waals surface area (Å²) in [5.41, 5.74) is 11.4. The molecule has 1 aromatic carbocycles. The van der Waals surface area contributed by atoms with Gasteiger partial charge >= 0.3 is 0 Å². The highest BCUT2D eigenvalue weighted by Gasteiger charge is 2.14. The molecule has 1 aromatic heterocycles. The molecule has 108 valence electrons. The van der Waals surface area contributed by atoms with Gasteiger partial charge in [-0.25, -0.2) is 0 Å². The van der Waals surface area contributed by atoms with E-state index in [1.54, 1.807) is 0 Å². The van der Waals surface area contributed by atoms with Gasteiger partial charge in [-0.15, -0.1) is 0 Å². The molecule has 0 fully saturated rings. The van der Waals surface area contributed by atoms with Crippen molar-refractivity contribution in [2.75, 3.05) is 0 Å². The summed E-state index contributed by atoms with van der Waals surface area (Å²) in [5.74, 6) is 0. The number of aryl methyl sites for hydroxylation is 3. The zero-order valence-corrected chi connectivity index (χ0v) is 12.8. The number of hydrogen-bond donors (Lipinski definition) is 1. The van der Waals surface area contributed by atoms with Gasteiger partial charge in [0.25, 0.3) is 0 Å². The lowest BCUT2D eigenvalue weighted by atomic mass is 9.96. The predicted octanol–water partition coefficient (Wildman–Crippen LogP) is 3.27. The van der Waals surface area contributed by atoms with Crippen LogP contribution in [0.3, 0.4) is 0 Å². The van der Waals surface area contributed by atoms with Gasteiger partial charge in [-0.2, -0.15) is 5.10 Å². The average molecular weight is 271 g/mol. The lowest BCUT2D eigenvalue weighted by Crippen LogP contribution is -2.17. The Morgan fingerprint density at radius 1 is 1.15 bits per heavy atom. The van der Waals surface area contributed by atoms with E-state index < -0.39 is 0 Å². The first-order valence-corrected chi connectivity index (χ1v) is 7.58. The Hall–Kier alpha value is -1.61. The summed E-state index contributed by atoms with van der Waals surface area (Å²) in [5, 5.41) is 4.60. The van der Waals surface area contributed by atoms with E-state index in [0.717, 1.165) is 31.5 Å². The Morgan fingerprint density at radius 3 is 2.55 bits per heavy atom. The van der Waals surface area contributed by atoms with Crippen molar-refractivity contribution in [3.8, 4) is 0 Å². The van der Waals surface area contributed by atoms with Gasteiger partial charge in [0.15, 0.2) is 0 Å². The predicted molar refractivity (Wildman–Crippen MR) is 83.7 cm³/mol. The van der Waals surface area contributed by atoms with E-state index in [1.165, 1.54) is 16.8 Å². The van der Waals surface area contributed by atoms with Crippen molar-refractivity contribution in [1.29, 1.82) is 0 Å². The van der Waals surface area contributed by atoms with Crippen LogP contribution in [0.4, 0.5) is 0 Å². The molecule has 0 aliphatic heterocycles. The Labute approximate surface area is 121 Å². The van der Waals surface area contributed by atoms with Crippen LogP contribution in [0.25, 0.3) is 0 Å². The van der Waals surface area contributed by atoms with Crippen LogP contribution in [0, 0.1) is 0 Å². The SMILES string of the molecule is CCc1cc(CC(N)c2ccccc2CC)n(CC)n1. The molecule has 0 aliphatic rings. The van der Waals surface area contributed by atoms with E-state index in [0.29, 0.717) is 0 Å². The molecule has 1 heterocycles. The maximum absolute atomic E-state index is 6.44. The lowest BCUT2D eigenvalue weighted by Gasteiger charge is -2.16. The molecule has 2 rings (SSSR count). The van der Waals surface area contributed by atoms with E-state index in [9.17, 15) is 0 Å². The van der Waals surface area contributed by atoms with E-state index >= 15 is 0 Å². The van der Waals surface area contributed by atoms with Crippen LogP contribution in [-0.2, 0) is 25.8 Å². The summed E-state index contributed by atoms with van der Waals surface area (Å²) in [4.78, 5) is 0. The minimum absolute atomic E-state index is 0.0397. The second-order valence-corrected chi connectivity index (χ2v) is 5.16. The van der Waals surface area contributed by atoms with Crippen LogP contribution in [0.5, 0.6) is 0 Å². The number of hydrogen-bond acceptors (Lipinski definition) is 2. The minimum Gasteiger partial charge on any atom is -0.324 e. The van der Waals surface area contributed by atoms with Gasteiger partial charge in [0.1, 0.15) is 0 Å². The van der Waals surface area contributed by atoms with Gasteiger partial charge in [0, 0.05) is 24.7 Å². The van der Waals surface area contributed by atoms with Gasteiger partial charge in [0.05, 0.1) is 5.69 Å². The summed E-state index contributed by atoms with van der Waals surface area (Å²) in [6.07, 6.45) is 2.84. The summed E-state index contributed by atoms with van der Waals surface area (Å²) in [6, 6.07) is 10.7. The molecule has 3 heteroatoms. The largest absolute Gasteiger partial charge is 0.324 e. The monoisotopic (exact) mass is 271 g/mol. The molecule has 20 heavy (non-hydrogen) atoms. The number of nitrogens with zero attached hydrogens (tertiary/aromatic N) is 2. The van der Waals surface area contributed by atoms with E-state index in [2.05, 4.69) is 60.9 Å². The number of benzene rings is 1. The van der Waals surface area contributed by atoms with Crippen LogP contribution in [-0.4, -0.2) is 9.78 Å². The summed E-state index contributed by atoms with van der Waals surface area (Å²) in [6.45, 7) is 7.34. The fourth-order valence-electron chi connectivity index (χ4n) is 2.68. The van der Waals surface area contributed by atoms with Crippen molar-refractivity contribution in [1.82, 2.24) is 9.78 Å². The van der Waals surface area contributed by atoms with Gasteiger partial charge in [-0.1, -0.05) is 38.1 Å². The third-order valence-corrected chi connectivity index (χ3v) is 3.84. The highest BCUT2D eigenvalue weighted by atomic mass is 15.3. The zero-order chi connectivity index (χ0) is 14.5.